The van der Waals surface area contributed by atoms with E-state index in [-0.39, 0.29) is 12.1 Å². The summed E-state index contributed by atoms with van der Waals surface area (Å²) in [6.07, 6.45) is 0. The van der Waals surface area contributed by atoms with E-state index >= 15 is 0 Å². The van der Waals surface area contributed by atoms with Gasteiger partial charge in [0, 0.05) is 24.4 Å². The molecule has 0 atom stereocenters. The van der Waals surface area contributed by atoms with Crippen LogP contribution in [0.2, 0.25) is 0 Å². The Morgan fingerprint density at radius 1 is 1.50 bits per heavy atom. The number of nitrogens with zero attached hydrogens (tertiary/aromatic N) is 1. The van der Waals surface area contributed by atoms with E-state index in [9.17, 15) is 4.79 Å². The van der Waals surface area contributed by atoms with E-state index in [1.165, 1.54) is 0 Å². The molecule has 0 aliphatic heterocycles. The van der Waals surface area contributed by atoms with Crippen LogP contribution in [-0.4, -0.2) is 11.2 Å². The fourth-order valence-corrected chi connectivity index (χ4v) is 1.21. The van der Waals surface area contributed by atoms with Crippen LogP contribution >= 0.6 is 0 Å². The zero-order chi connectivity index (χ0) is 10.6. The van der Waals surface area contributed by atoms with Gasteiger partial charge < -0.3 is 10.5 Å². The number of aryl methyl sites for hydroxylation is 1. The maximum Gasteiger partial charge on any atom is 0.257 e. The first-order valence-corrected chi connectivity index (χ1v) is 4.67. The quantitative estimate of drug-likeness (QED) is 0.767. The lowest BCUT2D eigenvalue weighted by Crippen LogP contribution is -2.27. The molecule has 0 aromatic carbocycles. The van der Waals surface area contributed by atoms with Crippen molar-refractivity contribution in [3.8, 4) is 0 Å². The molecule has 4 heteroatoms. The molecule has 0 amide bonds. The van der Waals surface area contributed by atoms with Gasteiger partial charge in [-0.05, 0) is 19.9 Å². The van der Waals surface area contributed by atoms with Crippen molar-refractivity contribution >= 4 is 0 Å². The van der Waals surface area contributed by atoms with Gasteiger partial charge in [0.1, 0.15) is 6.73 Å². The number of hydrogen-bond acceptors (Lipinski definition) is 3. The predicted octanol–water partition coefficient (Wildman–Crippen LogP) is 0.609. The van der Waals surface area contributed by atoms with E-state index in [4.69, 9.17) is 10.5 Å². The highest BCUT2D eigenvalue weighted by molar-refractivity contribution is 5.14. The van der Waals surface area contributed by atoms with Gasteiger partial charge in [-0.25, -0.2) is 0 Å². The lowest BCUT2D eigenvalue weighted by atomic mass is 10.2. The summed E-state index contributed by atoms with van der Waals surface area (Å²) in [5.41, 5.74) is 6.90. The van der Waals surface area contributed by atoms with Crippen LogP contribution in [0.3, 0.4) is 0 Å². The molecule has 0 spiro atoms. The fraction of sp³-hybridized carbons (Fsp3) is 0.500. The summed E-state index contributed by atoms with van der Waals surface area (Å²) in [5.74, 6) is 0. The Labute approximate surface area is 83.3 Å². The summed E-state index contributed by atoms with van der Waals surface area (Å²) in [6.45, 7) is 4.94. The number of ether oxygens (including phenoxy) is 1. The molecule has 0 fully saturated rings. The van der Waals surface area contributed by atoms with Crippen molar-refractivity contribution in [2.75, 3.05) is 6.61 Å². The monoisotopic (exact) mass is 196 g/mol. The largest absolute Gasteiger partial charge is 0.361 e. The van der Waals surface area contributed by atoms with Crippen molar-refractivity contribution in [1.82, 2.24) is 4.57 Å². The minimum Gasteiger partial charge on any atom is -0.361 e. The number of pyridine rings is 1. The van der Waals surface area contributed by atoms with Crippen LogP contribution in [0.15, 0.2) is 16.9 Å². The third kappa shape index (κ3) is 2.21. The van der Waals surface area contributed by atoms with Crippen LogP contribution in [0.5, 0.6) is 0 Å². The second kappa shape index (κ2) is 4.93. The summed E-state index contributed by atoms with van der Waals surface area (Å²) >= 11 is 0. The molecule has 1 heterocycles. The highest BCUT2D eigenvalue weighted by Gasteiger charge is 2.03. The molecule has 0 aliphatic carbocycles. The van der Waals surface area contributed by atoms with Crippen LogP contribution < -0.4 is 11.3 Å². The van der Waals surface area contributed by atoms with E-state index in [0.717, 1.165) is 5.69 Å². The number of hydrogen-bond donors (Lipinski definition) is 1. The van der Waals surface area contributed by atoms with Crippen molar-refractivity contribution < 1.29 is 4.74 Å². The van der Waals surface area contributed by atoms with Gasteiger partial charge in [0.05, 0.1) is 0 Å². The zero-order valence-electron chi connectivity index (χ0n) is 8.62. The van der Waals surface area contributed by atoms with Gasteiger partial charge in [-0.3, -0.25) is 9.36 Å². The van der Waals surface area contributed by atoms with Crippen LogP contribution in [0.1, 0.15) is 18.2 Å². The zero-order valence-corrected chi connectivity index (χ0v) is 8.62. The van der Waals surface area contributed by atoms with Crippen molar-refractivity contribution in [2.45, 2.75) is 27.1 Å². The molecule has 1 aromatic heterocycles. The van der Waals surface area contributed by atoms with E-state index in [1.54, 1.807) is 10.6 Å². The van der Waals surface area contributed by atoms with E-state index in [1.807, 2.05) is 19.9 Å². The van der Waals surface area contributed by atoms with Crippen LogP contribution in [0, 0.1) is 6.92 Å². The van der Waals surface area contributed by atoms with Gasteiger partial charge in [-0.1, -0.05) is 6.07 Å². The van der Waals surface area contributed by atoms with E-state index in [0.29, 0.717) is 18.9 Å². The minimum atomic E-state index is -0.0547. The first-order valence-electron chi connectivity index (χ1n) is 4.67. The van der Waals surface area contributed by atoms with Gasteiger partial charge in [0.15, 0.2) is 0 Å². The van der Waals surface area contributed by atoms with Crippen molar-refractivity contribution in [2.24, 2.45) is 5.73 Å². The smallest absolute Gasteiger partial charge is 0.257 e. The van der Waals surface area contributed by atoms with E-state index in [2.05, 4.69) is 0 Å². The Morgan fingerprint density at radius 2 is 2.21 bits per heavy atom. The third-order valence-corrected chi connectivity index (χ3v) is 2.12. The third-order valence-electron chi connectivity index (χ3n) is 2.12. The molecule has 0 saturated carbocycles. The van der Waals surface area contributed by atoms with E-state index < -0.39 is 0 Å². The van der Waals surface area contributed by atoms with Gasteiger partial charge in [-0.15, -0.1) is 0 Å². The molecule has 1 aromatic rings. The normalized spacial score (nSPS) is 10.5. The van der Waals surface area contributed by atoms with Crippen LogP contribution in [0.25, 0.3) is 0 Å². The molecular formula is C10H16N2O2. The van der Waals surface area contributed by atoms with Gasteiger partial charge >= 0.3 is 0 Å². The minimum absolute atomic E-state index is 0.0547. The molecule has 0 unspecified atom stereocenters. The Bertz CT molecular complexity index is 358. The average molecular weight is 196 g/mol. The molecule has 0 aliphatic rings. The molecule has 1 rings (SSSR count). The first-order chi connectivity index (χ1) is 6.70. The Kier molecular flexibility index (Phi) is 3.85. The van der Waals surface area contributed by atoms with Crippen molar-refractivity contribution in [3.63, 3.8) is 0 Å². The molecule has 78 valence electrons. The summed E-state index contributed by atoms with van der Waals surface area (Å²) < 4.78 is 6.79. The fourth-order valence-electron chi connectivity index (χ4n) is 1.21. The van der Waals surface area contributed by atoms with Gasteiger partial charge in [0.2, 0.25) is 0 Å². The Hall–Kier alpha value is -1.13. The highest BCUT2D eigenvalue weighted by Crippen LogP contribution is 1.98. The summed E-state index contributed by atoms with van der Waals surface area (Å²) in [7, 11) is 0. The summed E-state index contributed by atoms with van der Waals surface area (Å²) in [4.78, 5) is 11.7. The maximum absolute atomic E-state index is 11.7. The lowest BCUT2D eigenvalue weighted by molar-refractivity contribution is 0.0837. The molecule has 0 bridgehead atoms. The SMILES string of the molecule is CCOCn1c(C)ccc(CN)c1=O. The van der Waals surface area contributed by atoms with Crippen LogP contribution in [-0.2, 0) is 18.0 Å². The Balaban J connectivity index is 3.06. The molecule has 14 heavy (non-hydrogen) atoms. The van der Waals surface area contributed by atoms with Gasteiger partial charge in [0.25, 0.3) is 5.56 Å². The summed E-state index contributed by atoms with van der Waals surface area (Å²) in [5, 5.41) is 0. The second-order valence-electron chi connectivity index (χ2n) is 3.06. The molecular weight excluding hydrogens is 180 g/mol. The van der Waals surface area contributed by atoms with Crippen molar-refractivity contribution in [1.29, 1.82) is 0 Å². The average Bonchev–Trinajstić information content (AvgIpc) is 2.18. The second-order valence-corrected chi connectivity index (χ2v) is 3.06. The molecule has 4 nitrogen and oxygen atoms in total. The summed E-state index contributed by atoms with van der Waals surface area (Å²) in [6, 6.07) is 3.64. The predicted molar refractivity (Wildman–Crippen MR) is 55.0 cm³/mol. The Morgan fingerprint density at radius 3 is 2.79 bits per heavy atom. The lowest BCUT2D eigenvalue weighted by Gasteiger charge is -2.10. The molecule has 2 N–H and O–H groups in total. The topological polar surface area (TPSA) is 57.2 Å². The van der Waals surface area contributed by atoms with Crippen molar-refractivity contribution in [3.05, 3.63) is 33.7 Å². The number of aromatic nitrogens is 1. The number of rotatable bonds is 4. The first kappa shape index (κ1) is 10.9. The molecule has 0 radical (unpaired) electrons. The van der Waals surface area contributed by atoms with Gasteiger partial charge in [-0.2, -0.15) is 0 Å². The number of nitrogens with two attached hydrogens (primary N) is 1. The molecule has 0 saturated heterocycles. The maximum atomic E-state index is 11.7. The highest BCUT2D eigenvalue weighted by atomic mass is 16.5. The van der Waals surface area contributed by atoms with Crippen LogP contribution in [0.4, 0.5) is 0 Å². The standard InChI is InChI=1S/C10H16N2O2/c1-3-14-7-12-8(2)4-5-9(6-11)10(12)13/h4-5H,3,6-7,11H2,1-2H3.